The summed E-state index contributed by atoms with van der Waals surface area (Å²) in [5, 5.41) is 10.3. The maximum absolute atomic E-state index is 10.3. The summed E-state index contributed by atoms with van der Waals surface area (Å²) in [6.07, 6.45) is 7.42. The lowest BCUT2D eigenvalue weighted by atomic mass is 9.70. The molecule has 1 heterocycles. The Morgan fingerprint density at radius 3 is 2.43 bits per heavy atom. The van der Waals surface area contributed by atoms with Crippen LogP contribution >= 0.6 is 0 Å². The highest BCUT2D eigenvalue weighted by molar-refractivity contribution is 5.11. The van der Waals surface area contributed by atoms with Gasteiger partial charge in [0.1, 0.15) is 0 Å². The molecule has 23 heavy (non-hydrogen) atoms. The topological polar surface area (TPSA) is 32.7 Å². The normalized spacial score (nSPS) is 39.0. The lowest BCUT2D eigenvalue weighted by Crippen LogP contribution is -2.40. The molecule has 0 unspecified atom stereocenters. The molecule has 1 N–H and O–H groups in total. The Bertz CT molecular complexity index is 402. The molecular weight excluding hydrogens is 286 g/mol. The Kier molecular flexibility index (Phi) is 5.11. The molecular formula is C20H37NO2. The van der Waals surface area contributed by atoms with Crippen LogP contribution in [0, 0.1) is 22.7 Å². The number of aliphatic hydroxyl groups is 1. The van der Waals surface area contributed by atoms with Crippen LogP contribution in [-0.2, 0) is 4.74 Å². The van der Waals surface area contributed by atoms with E-state index in [1.54, 1.807) is 0 Å². The second-order valence-electron chi connectivity index (χ2n) is 9.40. The number of hydrogen-bond donors (Lipinski definition) is 1. The largest absolute Gasteiger partial charge is 0.392 e. The highest BCUT2D eigenvalue weighted by Gasteiger charge is 2.61. The molecule has 2 bridgehead atoms. The van der Waals surface area contributed by atoms with E-state index in [0.717, 1.165) is 37.9 Å². The standard InChI is InChI=1S/C20H37NO2/c1-15-6-10-21(11-7-15)14-17(22)8-12-23-18-13-16-5-9-20(18,4)19(16,2)3/h15-18,22H,5-14H2,1-4H3/t16-,17+,18-,20-/m0/s1. The number of rotatable bonds is 6. The van der Waals surface area contributed by atoms with E-state index in [-0.39, 0.29) is 6.10 Å². The molecule has 0 amide bonds. The van der Waals surface area contributed by atoms with Crippen LogP contribution in [0.3, 0.4) is 0 Å². The number of fused-ring (bicyclic) bond motifs is 2. The first-order valence-corrected chi connectivity index (χ1v) is 9.85. The van der Waals surface area contributed by atoms with Gasteiger partial charge in [-0.05, 0) is 74.3 Å². The third-order valence-corrected chi connectivity index (χ3v) is 7.83. The van der Waals surface area contributed by atoms with Crippen molar-refractivity contribution in [3.05, 3.63) is 0 Å². The van der Waals surface area contributed by atoms with E-state index in [4.69, 9.17) is 4.74 Å². The molecule has 3 fully saturated rings. The summed E-state index contributed by atoms with van der Waals surface area (Å²) in [5.41, 5.74) is 0.756. The van der Waals surface area contributed by atoms with Crippen molar-refractivity contribution in [3.8, 4) is 0 Å². The van der Waals surface area contributed by atoms with Crippen LogP contribution in [0.1, 0.15) is 66.2 Å². The maximum atomic E-state index is 10.3. The number of ether oxygens (including phenoxy) is 1. The van der Waals surface area contributed by atoms with E-state index < -0.39 is 0 Å². The average Bonchev–Trinajstić information content (AvgIpc) is 2.83. The van der Waals surface area contributed by atoms with Crippen LogP contribution in [-0.4, -0.2) is 48.5 Å². The Balaban J connectivity index is 1.39. The van der Waals surface area contributed by atoms with Gasteiger partial charge in [0.15, 0.2) is 0 Å². The molecule has 3 nitrogen and oxygen atoms in total. The summed E-state index contributed by atoms with van der Waals surface area (Å²) in [6, 6.07) is 0. The van der Waals surface area contributed by atoms with Crippen LogP contribution in [0.5, 0.6) is 0 Å². The van der Waals surface area contributed by atoms with Gasteiger partial charge in [0.2, 0.25) is 0 Å². The van der Waals surface area contributed by atoms with Gasteiger partial charge in [-0.1, -0.05) is 27.7 Å². The first-order valence-electron chi connectivity index (χ1n) is 9.85. The smallest absolute Gasteiger partial charge is 0.0689 e. The summed E-state index contributed by atoms with van der Waals surface area (Å²) in [6.45, 7) is 13.5. The number of aliphatic hydroxyl groups excluding tert-OH is 1. The van der Waals surface area contributed by atoms with E-state index in [1.165, 1.54) is 32.1 Å². The Hall–Kier alpha value is -0.120. The molecule has 134 valence electrons. The number of nitrogens with zero attached hydrogens (tertiary/aromatic N) is 1. The van der Waals surface area contributed by atoms with Crippen LogP contribution < -0.4 is 0 Å². The molecule has 0 aromatic carbocycles. The predicted octanol–water partition coefficient (Wildman–Crippen LogP) is 3.70. The van der Waals surface area contributed by atoms with Crippen molar-refractivity contribution in [1.29, 1.82) is 0 Å². The van der Waals surface area contributed by atoms with Gasteiger partial charge in [0.25, 0.3) is 0 Å². The summed E-state index contributed by atoms with van der Waals surface area (Å²) < 4.78 is 6.27. The first kappa shape index (κ1) is 17.7. The number of piperidine rings is 1. The van der Waals surface area contributed by atoms with Crippen molar-refractivity contribution in [2.45, 2.75) is 78.4 Å². The molecule has 0 radical (unpaired) electrons. The molecule has 0 spiro atoms. The van der Waals surface area contributed by atoms with Crippen molar-refractivity contribution in [2.75, 3.05) is 26.2 Å². The monoisotopic (exact) mass is 323 g/mol. The van der Waals surface area contributed by atoms with Gasteiger partial charge in [0.05, 0.1) is 12.2 Å². The molecule has 3 heteroatoms. The molecule has 2 aliphatic carbocycles. The molecule has 1 saturated heterocycles. The van der Waals surface area contributed by atoms with Crippen molar-refractivity contribution >= 4 is 0 Å². The third kappa shape index (κ3) is 3.34. The molecule has 4 atom stereocenters. The van der Waals surface area contributed by atoms with Crippen LogP contribution in [0.2, 0.25) is 0 Å². The summed E-state index contributed by atoms with van der Waals surface area (Å²) in [4.78, 5) is 2.42. The SMILES string of the molecule is CC1CCN(C[C@H](O)CCO[C@H]2C[C@@H]3CC[C@]2(C)C3(C)C)CC1. The summed E-state index contributed by atoms with van der Waals surface area (Å²) in [7, 11) is 0. The van der Waals surface area contributed by atoms with E-state index >= 15 is 0 Å². The molecule has 1 aliphatic heterocycles. The van der Waals surface area contributed by atoms with Crippen molar-refractivity contribution in [3.63, 3.8) is 0 Å². The average molecular weight is 324 g/mol. The second-order valence-corrected chi connectivity index (χ2v) is 9.40. The molecule has 2 saturated carbocycles. The fourth-order valence-corrected chi connectivity index (χ4v) is 5.36. The number of β-amino-alcohol motifs (C(OH)–C–C–N with tert-alkyl or cyclic N) is 1. The fraction of sp³-hybridized carbons (Fsp3) is 1.00. The lowest BCUT2D eigenvalue weighted by molar-refractivity contribution is -0.0568. The van der Waals surface area contributed by atoms with Crippen LogP contribution in [0.4, 0.5) is 0 Å². The quantitative estimate of drug-likeness (QED) is 0.809. The molecule has 0 aromatic heterocycles. The van der Waals surface area contributed by atoms with Crippen molar-refractivity contribution < 1.29 is 9.84 Å². The molecule has 3 rings (SSSR count). The van der Waals surface area contributed by atoms with Gasteiger partial charge in [-0.25, -0.2) is 0 Å². The van der Waals surface area contributed by atoms with Crippen LogP contribution in [0.25, 0.3) is 0 Å². The second kappa shape index (κ2) is 6.65. The lowest BCUT2D eigenvalue weighted by Gasteiger charge is -2.39. The van der Waals surface area contributed by atoms with Gasteiger partial charge in [-0.2, -0.15) is 0 Å². The molecule has 0 aromatic rings. The van der Waals surface area contributed by atoms with Gasteiger partial charge >= 0.3 is 0 Å². The number of likely N-dealkylation sites (tertiary alicyclic amines) is 1. The van der Waals surface area contributed by atoms with Gasteiger partial charge in [-0.3, -0.25) is 0 Å². The van der Waals surface area contributed by atoms with Crippen molar-refractivity contribution in [2.24, 2.45) is 22.7 Å². The fourth-order valence-electron chi connectivity index (χ4n) is 5.36. The number of hydrogen-bond acceptors (Lipinski definition) is 3. The highest BCUT2D eigenvalue weighted by atomic mass is 16.5. The zero-order chi connectivity index (χ0) is 16.7. The van der Waals surface area contributed by atoms with E-state index in [1.807, 2.05) is 0 Å². The van der Waals surface area contributed by atoms with E-state index in [0.29, 0.717) is 23.5 Å². The molecule has 3 aliphatic rings. The minimum Gasteiger partial charge on any atom is -0.392 e. The zero-order valence-corrected chi connectivity index (χ0v) is 15.7. The third-order valence-electron chi connectivity index (χ3n) is 7.83. The Morgan fingerprint density at radius 1 is 1.17 bits per heavy atom. The predicted molar refractivity (Wildman–Crippen MR) is 94.4 cm³/mol. The summed E-state index contributed by atoms with van der Waals surface area (Å²) in [5.74, 6) is 1.69. The van der Waals surface area contributed by atoms with Gasteiger partial charge < -0.3 is 14.7 Å². The first-order chi connectivity index (χ1) is 10.8. The van der Waals surface area contributed by atoms with E-state index in [2.05, 4.69) is 32.6 Å². The Labute approximate surface area is 142 Å². The highest BCUT2D eigenvalue weighted by Crippen LogP contribution is 2.66. The minimum absolute atomic E-state index is 0.234. The van der Waals surface area contributed by atoms with E-state index in [9.17, 15) is 5.11 Å². The van der Waals surface area contributed by atoms with Gasteiger partial charge in [-0.15, -0.1) is 0 Å². The summed E-state index contributed by atoms with van der Waals surface area (Å²) >= 11 is 0. The maximum Gasteiger partial charge on any atom is 0.0689 e. The van der Waals surface area contributed by atoms with Crippen molar-refractivity contribution in [1.82, 2.24) is 4.90 Å². The van der Waals surface area contributed by atoms with Gasteiger partial charge in [0, 0.05) is 13.2 Å². The Morgan fingerprint density at radius 2 is 1.87 bits per heavy atom. The zero-order valence-electron chi connectivity index (χ0n) is 15.7. The van der Waals surface area contributed by atoms with Crippen LogP contribution in [0.15, 0.2) is 0 Å². The minimum atomic E-state index is -0.234.